The van der Waals surface area contributed by atoms with E-state index in [0.717, 1.165) is 15.5 Å². The van der Waals surface area contributed by atoms with Gasteiger partial charge < -0.3 is 9.30 Å². The molecule has 0 saturated heterocycles. The summed E-state index contributed by atoms with van der Waals surface area (Å²) in [6, 6.07) is 7.00. The lowest BCUT2D eigenvalue weighted by atomic mass is 10.3. The predicted molar refractivity (Wildman–Crippen MR) is 77.6 cm³/mol. The molecule has 20 heavy (non-hydrogen) atoms. The second-order valence-electron chi connectivity index (χ2n) is 4.29. The molecule has 0 aliphatic heterocycles. The zero-order chi connectivity index (χ0) is 14.1. The first kappa shape index (κ1) is 12.8. The van der Waals surface area contributed by atoms with Gasteiger partial charge >= 0.3 is 5.97 Å². The summed E-state index contributed by atoms with van der Waals surface area (Å²) in [6.07, 6.45) is 4.79. The van der Waals surface area contributed by atoms with Crippen molar-refractivity contribution in [1.82, 2.24) is 14.5 Å². The molecule has 0 unspecified atom stereocenters. The Kier molecular flexibility index (Phi) is 3.23. The number of nitrogens with zero attached hydrogens (tertiary/aromatic N) is 3. The van der Waals surface area contributed by atoms with Gasteiger partial charge in [-0.2, -0.15) is 0 Å². The number of aryl methyl sites for hydroxylation is 1. The Hall–Kier alpha value is -2.21. The van der Waals surface area contributed by atoms with Gasteiger partial charge in [-0.1, -0.05) is 0 Å². The van der Waals surface area contributed by atoms with Crippen LogP contribution in [0.25, 0.3) is 11.0 Å². The summed E-state index contributed by atoms with van der Waals surface area (Å²) < 4.78 is 7.95. The van der Waals surface area contributed by atoms with E-state index in [4.69, 9.17) is 4.74 Å². The number of benzene rings is 1. The third-order valence-electron chi connectivity index (χ3n) is 2.85. The molecular weight excluding hydrogens is 322 g/mol. The highest BCUT2D eigenvalue weighted by Gasteiger charge is 2.10. The highest BCUT2D eigenvalue weighted by Crippen LogP contribution is 2.20. The Labute approximate surface area is 123 Å². The number of esters is 1. The van der Waals surface area contributed by atoms with Crippen LogP contribution >= 0.6 is 15.9 Å². The lowest BCUT2D eigenvalue weighted by Gasteiger charge is -2.04. The van der Waals surface area contributed by atoms with Gasteiger partial charge in [0.25, 0.3) is 0 Å². The fourth-order valence-corrected chi connectivity index (χ4v) is 2.23. The number of carbonyl (C=O) groups excluding carboxylic acids is 1. The number of hydrogen-bond acceptors (Lipinski definition) is 4. The van der Waals surface area contributed by atoms with Crippen molar-refractivity contribution in [2.24, 2.45) is 7.05 Å². The predicted octanol–water partition coefficient (Wildman–Crippen LogP) is 2.95. The Balaban J connectivity index is 1.87. The molecule has 0 fully saturated rings. The monoisotopic (exact) mass is 331 g/mol. The zero-order valence-corrected chi connectivity index (χ0v) is 12.2. The second-order valence-corrected chi connectivity index (χ2v) is 5.20. The van der Waals surface area contributed by atoms with Gasteiger partial charge in [0.1, 0.15) is 5.75 Å². The highest BCUT2D eigenvalue weighted by molar-refractivity contribution is 9.10. The number of imidazole rings is 1. The summed E-state index contributed by atoms with van der Waals surface area (Å²) in [5.41, 5.74) is 2.15. The summed E-state index contributed by atoms with van der Waals surface area (Å²) in [4.78, 5) is 20.2. The van der Waals surface area contributed by atoms with Crippen LogP contribution in [0.2, 0.25) is 0 Å². The van der Waals surface area contributed by atoms with E-state index in [0.29, 0.717) is 11.3 Å². The van der Waals surface area contributed by atoms with Crippen LogP contribution < -0.4 is 4.74 Å². The van der Waals surface area contributed by atoms with Crippen molar-refractivity contribution in [3.05, 3.63) is 53.0 Å². The molecule has 0 spiro atoms. The molecule has 2 heterocycles. The van der Waals surface area contributed by atoms with E-state index >= 15 is 0 Å². The van der Waals surface area contributed by atoms with Crippen LogP contribution in [0.3, 0.4) is 0 Å². The molecule has 0 radical (unpaired) electrons. The summed E-state index contributed by atoms with van der Waals surface area (Å²) >= 11 is 3.27. The standard InChI is InChI=1S/C14H10BrN3O2/c1-18-8-17-12-5-11(2-3-13(12)18)20-14(19)9-4-10(15)7-16-6-9/h2-8H,1H3. The first-order valence-corrected chi connectivity index (χ1v) is 6.66. The van der Waals surface area contributed by atoms with Crippen LogP contribution in [0.1, 0.15) is 10.4 Å². The SMILES string of the molecule is Cn1cnc2cc(OC(=O)c3cncc(Br)c3)ccc21. The average Bonchev–Trinajstić information content (AvgIpc) is 2.80. The number of aromatic nitrogens is 3. The van der Waals surface area contributed by atoms with Crippen LogP contribution in [0.5, 0.6) is 5.75 Å². The number of fused-ring (bicyclic) bond motifs is 1. The number of pyridine rings is 1. The van der Waals surface area contributed by atoms with Gasteiger partial charge in [0.2, 0.25) is 0 Å². The minimum absolute atomic E-state index is 0.389. The van der Waals surface area contributed by atoms with Crippen molar-refractivity contribution < 1.29 is 9.53 Å². The van der Waals surface area contributed by atoms with E-state index in [9.17, 15) is 4.79 Å². The number of ether oxygens (including phenoxy) is 1. The van der Waals surface area contributed by atoms with Crippen LogP contribution in [0.4, 0.5) is 0 Å². The van der Waals surface area contributed by atoms with Crippen LogP contribution in [0, 0.1) is 0 Å². The number of hydrogen-bond donors (Lipinski definition) is 0. The van der Waals surface area contributed by atoms with Crippen molar-refractivity contribution >= 4 is 32.9 Å². The zero-order valence-electron chi connectivity index (χ0n) is 10.6. The molecule has 0 aliphatic rings. The number of rotatable bonds is 2. The molecule has 5 nitrogen and oxygen atoms in total. The number of carbonyl (C=O) groups is 1. The van der Waals surface area contributed by atoms with Crippen LogP contribution in [-0.4, -0.2) is 20.5 Å². The molecule has 2 aromatic heterocycles. The molecule has 0 amide bonds. The Morgan fingerprint density at radius 2 is 2.15 bits per heavy atom. The van der Waals surface area contributed by atoms with Crippen molar-refractivity contribution in [2.45, 2.75) is 0 Å². The van der Waals surface area contributed by atoms with E-state index < -0.39 is 5.97 Å². The smallest absolute Gasteiger partial charge is 0.345 e. The Morgan fingerprint density at radius 3 is 2.95 bits per heavy atom. The van der Waals surface area contributed by atoms with Crippen molar-refractivity contribution in [1.29, 1.82) is 0 Å². The lowest BCUT2D eigenvalue weighted by molar-refractivity contribution is 0.0734. The van der Waals surface area contributed by atoms with Gasteiger partial charge in [0.15, 0.2) is 0 Å². The van der Waals surface area contributed by atoms with Gasteiger partial charge in [-0.15, -0.1) is 0 Å². The van der Waals surface area contributed by atoms with Gasteiger partial charge in [-0.05, 0) is 34.1 Å². The average molecular weight is 332 g/mol. The van der Waals surface area contributed by atoms with E-state index in [1.165, 1.54) is 6.20 Å². The fourth-order valence-electron chi connectivity index (χ4n) is 1.87. The maximum Gasteiger partial charge on any atom is 0.345 e. The molecule has 3 rings (SSSR count). The first-order chi connectivity index (χ1) is 9.63. The normalized spacial score (nSPS) is 10.7. The molecule has 0 bridgehead atoms. The fraction of sp³-hybridized carbons (Fsp3) is 0.0714. The third kappa shape index (κ3) is 2.42. The van der Waals surface area contributed by atoms with E-state index in [-0.39, 0.29) is 0 Å². The Bertz CT molecular complexity index is 798. The third-order valence-corrected chi connectivity index (χ3v) is 3.28. The van der Waals surface area contributed by atoms with Crippen LogP contribution in [0.15, 0.2) is 47.5 Å². The maximum absolute atomic E-state index is 12.0. The summed E-state index contributed by atoms with van der Waals surface area (Å²) in [6.45, 7) is 0. The topological polar surface area (TPSA) is 57.0 Å². The summed E-state index contributed by atoms with van der Waals surface area (Å²) in [5.74, 6) is 0.00950. The maximum atomic E-state index is 12.0. The van der Waals surface area contributed by atoms with Crippen molar-refractivity contribution in [2.75, 3.05) is 0 Å². The van der Waals surface area contributed by atoms with Gasteiger partial charge in [-0.3, -0.25) is 4.98 Å². The molecule has 1 aromatic carbocycles. The summed E-state index contributed by atoms with van der Waals surface area (Å²) in [5, 5.41) is 0. The molecular formula is C14H10BrN3O2. The van der Waals surface area contributed by atoms with Gasteiger partial charge in [-0.25, -0.2) is 9.78 Å². The van der Waals surface area contributed by atoms with E-state index in [1.54, 1.807) is 30.7 Å². The second kappa shape index (κ2) is 5.05. The van der Waals surface area contributed by atoms with Crippen molar-refractivity contribution in [3.63, 3.8) is 0 Å². The van der Waals surface area contributed by atoms with E-state index in [2.05, 4.69) is 25.9 Å². The Morgan fingerprint density at radius 1 is 1.30 bits per heavy atom. The molecule has 100 valence electrons. The molecule has 0 atom stereocenters. The first-order valence-electron chi connectivity index (χ1n) is 5.87. The molecule has 0 saturated carbocycles. The quantitative estimate of drug-likeness (QED) is 0.535. The number of halogens is 1. The molecule has 3 aromatic rings. The van der Waals surface area contributed by atoms with Gasteiger partial charge in [0.05, 0.1) is 22.9 Å². The van der Waals surface area contributed by atoms with Crippen LogP contribution in [-0.2, 0) is 7.05 Å². The lowest BCUT2D eigenvalue weighted by Crippen LogP contribution is -2.08. The highest BCUT2D eigenvalue weighted by atomic mass is 79.9. The van der Waals surface area contributed by atoms with Gasteiger partial charge in [0, 0.05) is 30.0 Å². The molecule has 0 N–H and O–H groups in total. The minimum Gasteiger partial charge on any atom is -0.423 e. The summed E-state index contributed by atoms with van der Waals surface area (Å²) in [7, 11) is 1.91. The minimum atomic E-state index is -0.450. The van der Waals surface area contributed by atoms with Crippen molar-refractivity contribution in [3.8, 4) is 5.75 Å². The van der Waals surface area contributed by atoms with E-state index in [1.807, 2.05) is 17.7 Å². The molecule has 6 heteroatoms. The largest absolute Gasteiger partial charge is 0.423 e. The molecule has 0 aliphatic carbocycles.